The van der Waals surface area contributed by atoms with E-state index in [-0.39, 0.29) is 0 Å². The number of aromatic nitrogens is 1. The van der Waals surface area contributed by atoms with Crippen LogP contribution in [0.25, 0.3) is 0 Å². The molecule has 0 aromatic carbocycles. The number of nitrogen functional groups attached to an aromatic ring is 1. The lowest BCUT2D eigenvalue weighted by Gasteiger charge is -2.05. The van der Waals surface area contributed by atoms with Crippen LogP contribution in [0.5, 0.6) is 5.88 Å². The topological polar surface area (TPSA) is 48.1 Å². The molecule has 0 aliphatic rings. The summed E-state index contributed by atoms with van der Waals surface area (Å²) in [5.41, 5.74) is 6.26. The molecule has 1 rings (SSSR count). The van der Waals surface area contributed by atoms with Gasteiger partial charge in [-0.05, 0) is 13.0 Å². The first-order valence-electron chi connectivity index (χ1n) is 3.71. The summed E-state index contributed by atoms with van der Waals surface area (Å²) in [6.07, 6.45) is 1.45. The second-order valence-corrected chi connectivity index (χ2v) is 2.30. The Bertz CT molecular complexity index is 265. The van der Waals surface area contributed by atoms with E-state index in [1.807, 2.05) is 6.92 Å². The standard InChI is InChI=1S/C8H11FN2O/c1-2-12-8-6(4-9)3-7(10)5-11-8/h3,5H,2,4,10H2,1H3. The van der Waals surface area contributed by atoms with Gasteiger partial charge in [0, 0.05) is 5.56 Å². The van der Waals surface area contributed by atoms with Gasteiger partial charge in [-0.3, -0.25) is 0 Å². The summed E-state index contributed by atoms with van der Waals surface area (Å²) in [6, 6.07) is 1.53. The number of rotatable bonds is 3. The molecular formula is C8H11FN2O. The van der Waals surface area contributed by atoms with Gasteiger partial charge < -0.3 is 10.5 Å². The van der Waals surface area contributed by atoms with Gasteiger partial charge >= 0.3 is 0 Å². The number of nitrogens with zero attached hydrogens (tertiary/aromatic N) is 1. The molecule has 1 aromatic rings. The second kappa shape index (κ2) is 3.90. The number of pyridine rings is 1. The average molecular weight is 170 g/mol. The van der Waals surface area contributed by atoms with E-state index in [1.165, 1.54) is 12.3 Å². The summed E-state index contributed by atoms with van der Waals surface area (Å²) in [4.78, 5) is 3.85. The minimum absolute atomic E-state index is 0.328. The molecule has 1 aromatic heterocycles. The van der Waals surface area contributed by atoms with Crippen molar-refractivity contribution in [3.8, 4) is 5.88 Å². The summed E-state index contributed by atoms with van der Waals surface area (Å²) in [5.74, 6) is 0.328. The van der Waals surface area contributed by atoms with Gasteiger partial charge in [-0.2, -0.15) is 0 Å². The van der Waals surface area contributed by atoms with Crippen LogP contribution in [0.1, 0.15) is 12.5 Å². The molecule has 0 aliphatic carbocycles. The third kappa shape index (κ3) is 1.84. The van der Waals surface area contributed by atoms with Crippen LogP contribution in [0, 0.1) is 0 Å². The third-order valence-corrected chi connectivity index (χ3v) is 1.37. The van der Waals surface area contributed by atoms with Crippen molar-refractivity contribution < 1.29 is 9.13 Å². The molecule has 12 heavy (non-hydrogen) atoms. The molecule has 66 valence electrons. The van der Waals surface area contributed by atoms with Crippen molar-refractivity contribution in [2.45, 2.75) is 13.6 Å². The molecular weight excluding hydrogens is 159 g/mol. The van der Waals surface area contributed by atoms with Gasteiger partial charge in [0.15, 0.2) is 0 Å². The average Bonchev–Trinajstić information content (AvgIpc) is 2.08. The molecule has 4 heteroatoms. The van der Waals surface area contributed by atoms with Gasteiger partial charge in [0.1, 0.15) is 6.67 Å². The zero-order valence-electron chi connectivity index (χ0n) is 6.88. The number of ether oxygens (including phenoxy) is 1. The van der Waals surface area contributed by atoms with E-state index in [0.29, 0.717) is 23.7 Å². The number of halogens is 1. The minimum Gasteiger partial charge on any atom is -0.478 e. The molecule has 0 atom stereocenters. The van der Waals surface area contributed by atoms with Crippen LogP contribution in [-0.2, 0) is 6.67 Å². The van der Waals surface area contributed by atoms with Crippen molar-refractivity contribution in [3.63, 3.8) is 0 Å². The van der Waals surface area contributed by atoms with Crippen molar-refractivity contribution in [1.29, 1.82) is 0 Å². The van der Waals surface area contributed by atoms with Crippen molar-refractivity contribution >= 4 is 5.69 Å². The summed E-state index contributed by atoms with van der Waals surface area (Å²) in [6.45, 7) is 1.69. The van der Waals surface area contributed by atoms with Gasteiger partial charge in [-0.25, -0.2) is 9.37 Å². The van der Waals surface area contributed by atoms with Gasteiger partial charge in [-0.1, -0.05) is 0 Å². The number of hydrogen-bond donors (Lipinski definition) is 1. The zero-order chi connectivity index (χ0) is 8.97. The molecule has 3 nitrogen and oxygen atoms in total. The van der Waals surface area contributed by atoms with Crippen LogP contribution in [0.15, 0.2) is 12.3 Å². The molecule has 0 aliphatic heterocycles. The largest absolute Gasteiger partial charge is 0.478 e. The van der Waals surface area contributed by atoms with Crippen molar-refractivity contribution in [1.82, 2.24) is 4.98 Å². The minimum atomic E-state index is -0.604. The van der Waals surface area contributed by atoms with Crippen LogP contribution in [0.4, 0.5) is 10.1 Å². The Morgan fingerprint density at radius 2 is 2.42 bits per heavy atom. The number of alkyl halides is 1. The fraction of sp³-hybridized carbons (Fsp3) is 0.375. The fourth-order valence-corrected chi connectivity index (χ4v) is 0.879. The van der Waals surface area contributed by atoms with Crippen molar-refractivity contribution in [3.05, 3.63) is 17.8 Å². The quantitative estimate of drug-likeness (QED) is 0.748. The predicted molar refractivity (Wildman–Crippen MR) is 44.6 cm³/mol. The van der Waals surface area contributed by atoms with E-state index in [9.17, 15) is 4.39 Å². The van der Waals surface area contributed by atoms with E-state index in [4.69, 9.17) is 10.5 Å². The highest BCUT2D eigenvalue weighted by molar-refractivity contribution is 5.42. The second-order valence-electron chi connectivity index (χ2n) is 2.30. The van der Waals surface area contributed by atoms with Crippen LogP contribution >= 0.6 is 0 Å². The van der Waals surface area contributed by atoms with Crippen molar-refractivity contribution in [2.24, 2.45) is 0 Å². The first kappa shape index (κ1) is 8.77. The Morgan fingerprint density at radius 3 is 3.00 bits per heavy atom. The van der Waals surface area contributed by atoms with Crippen LogP contribution in [0.3, 0.4) is 0 Å². The normalized spacial score (nSPS) is 9.83. The Balaban J connectivity index is 2.94. The fourth-order valence-electron chi connectivity index (χ4n) is 0.879. The van der Waals surface area contributed by atoms with E-state index < -0.39 is 6.67 Å². The zero-order valence-corrected chi connectivity index (χ0v) is 6.88. The maximum absolute atomic E-state index is 12.3. The molecule has 0 saturated carbocycles. The van der Waals surface area contributed by atoms with E-state index in [2.05, 4.69) is 4.98 Å². The Labute approximate surface area is 70.4 Å². The summed E-state index contributed by atoms with van der Waals surface area (Å²) < 4.78 is 17.4. The highest BCUT2D eigenvalue weighted by Crippen LogP contribution is 2.18. The molecule has 0 saturated heterocycles. The lowest BCUT2D eigenvalue weighted by molar-refractivity contribution is 0.316. The maximum Gasteiger partial charge on any atom is 0.219 e. The smallest absolute Gasteiger partial charge is 0.219 e. The van der Waals surface area contributed by atoms with Crippen LogP contribution < -0.4 is 10.5 Å². The predicted octanol–water partition coefficient (Wildman–Crippen LogP) is 1.53. The lowest BCUT2D eigenvalue weighted by atomic mass is 10.3. The van der Waals surface area contributed by atoms with Gasteiger partial charge in [0.25, 0.3) is 0 Å². The van der Waals surface area contributed by atoms with Gasteiger partial charge in [0.2, 0.25) is 5.88 Å². The van der Waals surface area contributed by atoms with Crippen LogP contribution in [0.2, 0.25) is 0 Å². The lowest BCUT2D eigenvalue weighted by Crippen LogP contribution is -1.99. The summed E-state index contributed by atoms with van der Waals surface area (Å²) in [7, 11) is 0. The molecule has 0 fully saturated rings. The molecule has 0 radical (unpaired) electrons. The number of anilines is 1. The summed E-state index contributed by atoms with van der Waals surface area (Å²) >= 11 is 0. The van der Waals surface area contributed by atoms with Crippen molar-refractivity contribution in [2.75, 3.05) is 12.3 Å². The first-order valence-corrected chi connectivity index (χ1v) is 3.71. The molecule has 0 unspecified atom stereocenters. The van der Waals surface area contributed by atoms with E-state index in [0.717, 1.165) is 0 Å². The molecule has 0 bridgehead atoms. The third-order valence-electron chi connectivity index (χ3n) is 1.37. The van der Waals surface area contributed by atoms with Crippen LogP contribution in [-0.4, -0.2) is 11.6 Å². The molecule has 0 amide bonds. The highest BCUT2D eigenvalue weighted by Gasteiger charge is 2.04. The molecule has 0 spiro atoms. The Morgan fingerprint density at radius 1 is 1.67 bits per heavy atom. The monoisotopic (exact) mass is 170 g/mol. The van der Waals surface area contributed by atoms with E-state index >= 15 is 0 Å². The highest BCUT2D eigenvalue weighted by atomic mass is 19.1. The Hall–Kier alpha value is -1.32. The summed E-state index contributed by atoms with van der Waals surface area (Å²) in [5, 5.41) is 0. The molecule has 2 N–H and O–H groups in total. The van der Waals surface area contributed by atoms with E-state index in [1.54, 1.807) is 0 Å². The number of hydrogen-bond acceptors (Lipinski definition) is 3. The number of nitrogens with two attached hydrogens (primary N) is 1. The van der Waals surface area contributed by atoms with Gasteiger partial charge in [-0.15, -0.1) is 0 Å². The Kier molecular flexibility index (Phi) is 2.85. The molecule has 1 heterocycles. The van der Waals surface area contributed by atoms with Gasteiger partial charge in [0.05, 0.1) is 18.5 Å². The maximum atomic E-state index is 12.3. The first-order chi connectivity index (χ1) is 5.77. The SMILES string of the molecule is CCOc1ncc(N)cc1CF.